The number of primary amides is 1. The highest BCUT2D eigenvalue weighted by Crippen LogP contribution is 2.32. The average molecular weight is 264 g/mol. The van der Waals surface area contributed by atoms with Crippen LogP contribution in [0.3, 0.4) is 0 Å². The molecule has 3 nitrogen and oxygen atoms in total. The lowest BCUT2D eigenvalue weighted by Gasteiger charge is -2.16. The van der Waals surface area contributed by atoms with Gasteiger partial charge in [-0.15, -0.1) is 0 Å². The molecular weight excluding hydrogens is 248 g/mol. The van der Waals surface area contributed by atoms with Gasteiger partial charge in [-0.25, -0.2) is 0 Å². The number of carbonyl (C=O) groups is 1. The van der Waals surface area contributed by atoms with Crippen LogP contribution < -0.4 is 11.5 Å². The molecule has 20 heavy (non-hydrogen) atoms. The third kappa shape index (κ3) is 2.12. The molecular formula is C17H16N2O. The maximum Gasteiger partial charge on any atom is 0.219 e. The van der Waals surface area contributed by atoms with Crippen LogP contribution in [-0.2, 0) is 4.79 Å². The molecule has 3 heteroatoms. The molecule has 0 aliphatic rings. The molecule has 0 radical (unpaired) electrons. The van der Waals surface area contributed by atoms with Crippen LogP contribution in [0.15, 0.2) is 54.6 Å². The van der Waals surface area contributed by atoms with E-state index in [2.05, 4.69) is 18.2 Å². The Morgan fingerprint density at radius 3 is 1.95 bits per heavy atom. The fourth-order valence-electron chi connectivity index (χ4n) is 2.77. The van der Waals surface area contributed by atoms with Gasteiger partial charge in [0.25, 0.3) is 0 Å². The van der Waals surface area contributed by atoms with Crippen molar-refractivity contribution in [3.8, 4) is 0 Å². The minimum atomic E-state index is -0.386. The molecule has 1 atom stereocenters. The van der Waals surface area contributed by atoms with Crippen molar-refractivity contribution in [3.63, 3.8) is 0 Å². The fourth-order valence-corrected chi connectivity index (χ4v) is 2.77. The van der Waals surface area contributed by atoms with E-state index in [-0.39, 0.29) is 18.4 Å². The van der Waals surface area contributed by atoms with Crippen LogP contribution in [0.25, 0.3) is 21.5 Å². The standard InChI is InChI=1S/C17H16N2O/c18-15(10-16(19)20)17-13-7-3-1-5-11(13)9-12-6-2-4-8-14(12)17/h1-9,15H,10,18H2,(H2,19,20). The van der Waals surface area contributed by atoms with Gasteiger partial charge in [-0.1, -0.05) is 48.5 Å². The van der Waals surface area contributed by atoms with Gasteiger partial charge in [0.15, 0.2) is 0 Å². The molecule has 0 saturated carbocycles. The zero-order valence-corrected chi connectivity index (χ0v) is 11.0. The van der Waals surface area contributed by atoms with Crippen molar-refractivity contribution in [3.05, 3.63) is 60.2 Å². The van der Waals surface area contributed by atoms with Crippen molar-refractivity contribution >= 4 is 27.5 Å². The Morgan fingerprint density at radius 2 is 1.45 bits per heavy atom. The van der Waals surface area contributed by atoms with Gasteiger partial charge in [0.2, 0.25) is 5.91 Å². The predicted molar refractivity (Wildman–Crippen MR) is 82.2 cm³/mol. The summed E-state index contributed by atoms with van der Waals surface area (Å²) >= 11 is 0. The van der Waals surface area contributed by atoms with Gasteiger partial charge < -0.3 is 11.5 Å². The van der Waals surface area contributed by atoms with Crippen molar-refractivity contribution in [1.29, 1.82) is 0 Å². The van der Waals surface area contributed by atoms with E-state index < -0.39 is 0 Å². The summed E-state index contributed by atoms with van der Waals surface area (Å²) in [6.45, 7) is 0. The molecule has 100 valence electrons. The molecule has 1 amide bonds. The minimum Gasteiger partial charge on any atom is -0.370 e. The number of hydrogen-bond acceptors (Lipinski definition) is 2. The zero-order chi connectivity index (χ0) is 14.1. The van der Waals surface area contributed by atoms with Gasteiger partial charge in [0.1, 0.15) is 0 Å². The van der Waals surface area contributed by atoms with E-state index in [4.69, 9.17) is 11.5 Å². The first-order valence-corrected chi connectivity index (χ1v) is 6.61. The quantitative estimate of drug-likeness (QED) is 0.714. The van der Waals surface area contributed by atoms with E-state index >= 15 is 0 Å². The number of carbonyl (C=O) groups excluding carboxylic acids is 1. The Hall–Kier alpha value is -2.39. The lowest BCUT2D eigenvalue weighted by Crippen LogP contribution is -2.21. The molecule has 0 aromatic heterocycles. The highest BCUT2D eigenvalue weighted by Gasteiger charge is 2.16. The van der Waals surface area contributed by atoms with E-state index in [1.54, 1.807) is 0 Å². The smallest absolute Gasteiger partial charge is 0.219 e. The molecule has 0 heterocycles. The number of benzene rings is 3. The normalized spacial score (nSPS) is 12.7. The maximum atomic E-state index is 11.2. The largest absolute Gasteiger partial charge is 0.370 e. The summed E-state index contributed by atoms with van der Waals surface area (Å²) in [5.41, 5.74) is 12.5. The minimum absolute atomic E-state index is 0.151. The molecule has 0 fully saturated rings. The first-order valence-electron chi connectivity index (χ1n) is 6.61. The number of rotatable bonds is 3. The third-order valence-corrected chi connectivity index (χ3v) is 3.60. The summed E-state index contributed by atoms with van der Waals surface area (Å²) in [4.78, 5) is 11.2. The molecule has 1 unspecified atom stereocenters. The Bertz CT molecular complexity index is 741. The van der Waals surface area contributed by atoms with Gasteiger partial charge in [-0.05, 0) is 33.2 Å². The average Bonchev–Trinajstić information content (AvgIpc) is 2.43. The summed E-state index contributed by atoms with van der Waals surface area (Å²) in [6, 6.07) is 17.9. The van der Waals surface area contributed by atoms with Gasteiger partial charge in [0.05, 0.1) is 0 Å². The summed E-state index contributed by atoms with van der Waals surface area (Å²) in [5, 5.41) is 4.42. The van der Waals surface area contributed by atoms with E-state index in [0.717, 1.165) is 27.1 Å². The predicted octanol–water partition coefficient (Wildman–Crippen LogP) is 2.87. The van der Waals surface area contributed by atoms with Gasteiger partial charge in [-0.3, -0.25) is 4.79 Å². The Morgan fingerprint density at radius 1 is 0.950 bits per heavy atom. The molecule has 0 aliphatic carbocycles. The molecule has 0 aliphatic heterocycles. The first-order chi connectivity index (χ1) is 9.66. The van der Waals surface area contributed by atoms with Crippen LogP contribution in [0.4, 0.5) is 0 Å². The maximum absolute atomic E-state index is 11.2. The zero-order valence-electron chi connectivity index (χ0n) is 11.0. The lowest BCUT2D eigenvalue weighted by molar-refractivity contribution is -0.118. The van der Waals surface area contributed by atoms with E-state index in [1.807, 2.05) is 36.4 Å². The van der Waals surface area contributed by atoms with Crippen LogP contribution in [0.5, 0.6) is 0 Å². The van der Waals surface area contributed by atoms with Crippen LogP contribution in [0, 0.1) is 0 Å². The summed E-state index contributed by atoms with van der Waals surface area (Å²) in [6.07, 6.45) is 0.151. The molecule has 0 spiro atoms. The molecule has 3 aromatic rings. The second-order valence-electron chi connectivity index (χ2n) is 5.01. The Labute approximate surface area is 117 Å². The van der Waals surface area contributed by atoms with Crippen molar-refractivity contribution in [1.82, 2.24) is 0 Å². The third-order valence-electron chi connectivity index (χ3n) is 3.60. The number of fused-ring (bicyclic) bond motifs is 2. The monoisotopic (exact) mass is 264 g/mol. The van der Waals surface area contributed by atoms with Crippen molar-refractivity contribution in [2.75, 3.05) is 0 Å². The van der Waals surface area contributed by atoms with E-state index in [9.17, 15) is 4.79 Å². The SMILES string of the molecule is NC(=O)CC(N)c1c2ccccc2cc2ccccc12. The van der Waals surface area contributed by atoms with Crippen LogP contribution in [0.1, 0.15) is 18.0 Å². The van der Waals surface area contributed by atoms with Crippen molar-refractivity contribution < 1.29 is 4.79 Å². The summed E-state index contributed by atoms with van der Waals surface area (Å²) < 4.78 is 0. The fraction of sp³-hybridized carbons (Fsp3) is 0.118. The van der Waals surface area contributed by atoms with E-state index in [0.29, 0.717) is 0 Å². The van der Waals surface area contributed by atoms with Crippen molar-refractivity contribution in [2.24, 2.45) is 11.5 Å². The number of nitrogens with two attached hydrogens (primary N) is 2. The first kappa shape index (κ1) is 12.6. The number of hydrogen-bond donors (Lipinski definition) is 2. The van der Waals surface area contributed by atoms with Crippen LogP contribution in [0.2, 0.25) is 0 Å². The van der Waals surface area contributed by atoms with Gasteiger partial charge in [-0.2, -0.15) is 0 Å². The Kier molecular flexibility index (Phi) is 3.12. The lowest BCUT2D eigenvalue weighted by atomic mass is 9.91. The van der Waals surface area contributed by atoms with Gasteiger partial charge >= 0.3 is 0 Å². The molecule has 3 rings (SSSR count). The second-order valence-corrected chi connectivity index (χ2v) is 5.01. The van der Waals surface area contributed by atoms with Crippen LogP contribution in [-0.4, -0.2) is 5.91 Å². The summed E-state index contributed by atoms with van der Waals surface area (Å²) in [7, 11) is 0. The molecule has 0 saturated heterocycles. The molecule has 0 bridgehead atoms. The van der Waals surface area contributed by atoms with Crippen LogP contribution >= 0.6 is 0 Å². The number of amides is 1. The topological polar surface area (TPSA) is 69.1 Å². The van der Waals surface area contributed by atoms with E-state index in [1.165, 1.54) is 0 Å². The highest BCUT2D eigenvalue weighted by molar-refractivity contribution is 6.03. The Balaban J connectivity index is 2.35. The molecule has 3 aromatic carbocycles. The van der Waals surface area contributed by atoms with Crippen molar-refractivity contribution in [2.45, 2.75) is 12.5 Å². The second kappa shape index (κ2) is 4.94. The highest BCUT2D eigenvalue weighted by atomic mass is 16.1. The van der Waals surface area contributed by atoms with Gasteiger partial charge in [0, 0.05) is 12.5 Å². The summed E-state index contributed by atoms with van der Waals surface area (Å²) in [5.74, 6) is -0.380. The molecule has 4 N–H and O–H groups in total.